The number of carbonyl (C=O) groups excluding carboxylic acids is 1. The van der Waals surface area contributed by atoms with E-state index in [-0.39, 0.29) is 18.4 Å². The summed E-state index contributed by atoms with van der Waals surface area (Å²) in [4.78, 5) is 17.6. The van der Waals surface area contributed by atoms with Gasteiger partial charge in [-0.1, -0.05) is 19.3 Å². The number of hydrogen-bond acceptors (Lipinski definition) is 4. The Kier molecular flexibility index (Phi) is 5.60. The zero-order valence-corrected chi connectivity index (χ0v) is 15.7. The third-order valence-corrected chi connectivity index (χ3v) is 6.70. The first-order valence-electron chi connectivity index (χ1n) is 10.4. The van der Waals surface area contributed by atoms with Crippen LogP contribution in [0.3, 0.4) is 0 Å². The average molecular weight is 361 g/mol. The van der Waals surface area contributed by atoms with Crippen molar-refractivity contribution in [1.29, 1.82) is 0 Å². The summed E-state index contributed by atoms with van der Waals surface area (Å²) < 4.78 is 0. The molecule has 26 heavy (non-hydrogen) atoms. The highest BCUT2D eigenvalue weighted by molar-refractivity contribution is 5.95. The van der Waals surface area contributed by atoms with E-state index >= 15 is 0 Å². The molecule has 6 heteroatoms. The molecule has 0 spiro atoms. The van der Waals surface area contributed by atoms with Gasteiger partial charge in [-0.15, -0.1) is 0 Å². The van der Waals surface area contributed by atoms with Gasteiger partial charge in [0.25, 0.3) is 5.91 Å². The first kappa shape index (κ1) is 18.0. The Morgan fingerprint density at radius 2 is 1.85 bits per heavy atom. The van der Waals surface area contributed by atoms with Crippen LogP contribution < -0.4 is 0 Å². The van der Waals surface area contributed by atoms with Crippen LogP contribution in [-0.2, 0) is 0 Å². The Hall–Kier alpha value is -1.40. The number of aromatic nitrogens is 2. The van der Waals surface area contributed by atoms with Gasteiger partial charge in [0.2, 0.25) is 0 Å². The van der Waals surface area contributed by atoms with Crippen molar-refractivity contribution in [3.05, 3.63) is 17.5 Å². The van der Waals surface area contributed by atoms with Gasteiger partial charge in [0.1, 0.15) is 0 Å². The van der Waals surface area contributed by atoms with Crippen LogP contribution in [0.2, 0.25) is 0 Å². The van der Waals surface area contributed by atoms with Crippen molar-refractivity contribution in [3.63, 3.8) is 0 Å². The standard InChI is InChI=1S/C20H32N4O2/c25-14-17-13-24(12-16(17)11-23-8-4-5-9-23)20(26)18-10-21-22-19(18)15-6-2-1-3-7-15/h10,15-17,25H,1-9,11-14H2,(H,21,22)/t16-,17-/m1/s1. The van der Waals surface area contributed by atoms with Crippen molar-refractivity contribution in [3.8, 4) is 0 Å². The van der Waals surface area contributed by atoms with Crippen LogP contribution in [0.15, 0.2) is 6.20 Å². The molecule has 0 aromatic carbocycles. The number of likely N-dealkylation sites (tertiary alicyclic amines) is 2. The molecule has 3 fully saturated rings. The molecular weight excluding hydrogens is 328 g/mol. The first-order valence-corrected chi connectivity index (χ1v) is 10.4. The summed E-state index contributed by atoms with van der Waals surface area (Å²) in [5, 5.41) is 17.1. The van der Waals surface area contributed by atoms with Crippen molar-refractivity contribution in [2.45, 2.75) is 50.9 Å². The number of aromatic amines is 1. The molecule has 4 rings (SSSR count). The largest absolute Gasteiger partial charge is 0.396 e. The van der Waals surface area contributed by atoms with Crippen molar-refractivity contribution < 1.29 is 9.90 Å². The Bertz CT molecular complexity index is 605. The van der Waals surface area contributed by atoms with E-state index in [0.717, 1.165) is 50.3 Å². The van der Waals surface area contributed by atoms with Crippen LogP contribution in [0, 0.1) is 11.8 Å². The lowest BCUT2D eigenvalue weighted by Gasteiger charge is -2.23. The molecule has 6 nitrogen and oxygen atoms in total. The van der Waals surface area contributed by atoms with Gasteiger partial charge in [-0.05, 0) is 44.7 Å². The highest BCUT2D eigenvalue weighted by Gasteiger charge is 2.37. The first-order chi connectivity index (χ1) is 12.8. The zero-order chi connectivity index (χ0) is 17.9. The van der Waals surface area contributed by atoms with E-state index in [2.05, 4.69) is 15.1 Å². The summed E-state index contributed by atoms with van der Waals surface area (Å²) in [6, 6.07) is 0. The molecule has 2 aliphatic heterocycles. The van der Waals surface area contributed by atoms with Gasteiger partial charge in [0.15, 0.2) is 0 Å². The third-order valence-electron chi connectivity index (χ3n) is 6.70. The molecule has 1 aliphatic carbocycles. The molecule has 0 radical (unpaired) electrons. The van der Waals surface area contributed by atoms with Gasteiger partial charge >= 0.3 is 0 Å². The molecule has 1 aromatic rings. The van der Waals surface area contributed by atoms with E-state index in [4.69, 9.17) is 0 Å². The Morgan fingerprint density at radius 3 is 2.58 bits per heavy atom. The summed E-state index contributed by atoms with van der Waals surface area (Å²) >= 11 is 0. The smallest absolute Gasteiger partial charge is 0.257 e. The fraction of sp³-hybridized carbons (Fsp3) is 0.800. The van der Waals surface area contributed by atoms with Gasteiger partial charge in [-0.25, -0.2) is 0 Å². The van der Waals surface area contributed by atoms with E-state index < -0.39 is 0 Å². The van der Waals surface area contributed by atoms with E-state index in [1.54, 1.807) is 6.20 Å². The Morgan fingerprint density at radius 1 is 1.12 bits per heavy atom. The lowest BCUT2D eigenvalue weighted by molar-refractivity contribution is 0.0777. The van der Waals surface area contributed by atoms with Crippen LogP contribution >= 0.6 is 0 Å². The molecule has 2 N–H and O–H groups in total. The number of hydrogen-bond donors (Lipinski definition) is 2. The monoisotopic (exact) mass is 360 g/mol. The summed E-state index contributed by atoms with van der Waals surface area (Å²) in [7, 11) is 0. The second kappa shape index (κ2) is 8.09. The zero-order valence-electron chi connectivity index (χ0n) is 15.7. The molecule has 0 bridgehead atoms. The maximum absolute atomic E-state index is 13.2. The van der Waals surface area contributed by atoms with Crippen LogP contribution in [0.5, 0.6) is 0 Å². The molecule has 144 valence electrons. The fourth-order valence-corrected chi connectivity index (χ4v) is 5.15. The minimum absolute atomic E-state index is 0.0988. The summed E-state index contributed by atoms with van der Waals surface area (Å²) in [5.74, 6) is 1.13. The van der Waals surface area contributed by atoms with Crippen molar-refractivity contribution in [2.75, 3.05) is 39.3 Å². The lowest BCUT2D eigenvalue weighted by atomic mass is 9.85. The number of nitrogens with one attached hydrogen (secondary N) is 1. The van der Waals surface area contributed by atoms with Crippen LogP contribution in [0.1, 0.15) is 66.9 Å². The van der Waals surface area contributed by atoms with Crippen molar-refractivity contribution in [1.82, 2.24) is 20.0 Å². The molecule has 1 amide bonds. The summed E-state index contributed by atoms with van der Waals surface area (Å²) in [6.45, 7) is 4.93. The molecular formula is C20H32N4O2. The van der Waals surface area contributed by atoms with Gasteiger partial charge in [-0.3, -0.25) is 9.89 Å². The molecule has 3 heterocycles. The molecule has 2 saturated heterocycles. The number of rotatable bonds is 5. The third kappa shape index (κ3) is 3.67. The molecule has 1 saturated carbocycles. The number of aliphatic hydroxyl groups is 1. The molecule has 3 aliphatic rings. The number of nitrogens with zero attached hydrogens (tertiary/aromatic N) is 3. The molecule has 0 unspecified atom stereocenters. The minimum atomic E-state index is 0.0988. The topological polar surface area (TPSA) is 72.5 Å². The minimum Gasteiger partial charge on any atom is -0.396 e. The van der Waals surface area contributed by atoms with Gasteiger partial charge in [0, 0.05) is 38.1 Å². The summed E-state index contributed by atoms with van der Waals surface area (Å²) in [5.41, 5.74) is 1.80. The number of aliphatic hydroxyl groups excluding tert-OH is 1. The van der Waals surface area contributed by atoms with E-state index in [1.807, 2.05) is 4.90 Å². The Balaban J connectivity index is 1.44. The molecule has 2 atom stereocenters. The quantitative estimate of drug-likeness (QED) is 0.845. The van der Waals surface area contributed by atoms with Gasteiger partial charge in [-0.2, -0.15) is 5.10 Å². The highest BCUT2D eigenvalue weighted by Crippen LogP contribution is 2.34. The van der Waals surface area contributed by atoms with E-state index in [1.165, 1.54) is 32.1 Å². The van der Waals surface area contributed by atoms with E-state index in [0.29, 0.717) is 18.4 Å². The second-order valence-electron chi connectivity index (χ2n) is 8.45. The number of H-pyrrole nitrogens is 1. The van der Waals surface area contributed by atoms with Crippen LogP contribution in [-0.4, -0.2) is 70.3 Å². The van der Waals surface area contributed by atoms with Gasteiger partial charge < -0.3 is 14.9 Å². The Labute approximate surface area is 155 Å². The van der Waals surface area contributed by atoms with Crippen molar-refractivity contribution >= 4 is 5.91 Å². The van der Waals surface area contributed by atoms with Crippen LogP contribution in [0.4, 0.5) is 0 Å². The second-order valence-corrected chi connectivity index (χ2v) is 8.45. The molecule has 1 aromatic heterocycles. The number of carbonyl (C=O) groups is 1. The normalized spacial score (nSPS) is 28.1. The van der Waals surface area contributed by atoms with E-state index in [9.17, 15) is 9.90 Å². The SMILES string of the molecule is O=C(c1cn[nH]c1C1CCCCC1)N1C[C@@H](CN2CCCC2)[C@@H](CO)C1. The fourth-order valence-electron chi connectivity index (χ4n) is 5.15. The predicted octanol–water partition coefficient (Wildman–Crippen LogP) is 2.23. The summed E-state index contributed by atoms with van der Waals surface area (Å²) in [6.07, 6.45) is 10.4. The van der Waals surface area contributed by atoms with Crippen molar-refractivity contribution in [2.24, 2.45) is 11.8 Å². The van der Waals surface area contributed by atoms with Crippen LogP contribution in [0.25, 0.3) is 0 Å². The predicted molar refractivity (Wildman–Crippen MR) is 100 cm³/mol. The van der Waals surface area contributed by atoms with Gasteiger partial charge in [0.05, 0.1) is 17.5 Å². The highest BCUT2D eigenvalue weighted by atomic mass is 16.3. The number of amides is 1. The average Bonchev–Trinajstić information content (AvgIpc) is 3.43. The lowest BCUT2D eigenvalue weighted by Crippen LogP contribution is -2.33. The maximum Gasteiger partial charge on any atom is 0.257 e. The maximum atomic E-state index is 13.2.